The first-order valence-electron chi connectivity index (χ1n) is 8.19. The van der Waals surface area contributed by atoms with E-state index in [-0.39, 0.29) is 6.61 Å². The van der Waals surface area contributed by atoms with Crippen molar-refractivity contribution in [1.29, 1.82) is 0 Å². The third kappa shape index (κ3) is 19.8. The van der Waals surface area contributed by atoms with E-state index in [1.54, 1.807) is 0 Å². The predicted molar refractivity (Wildman–Crippen MR) is 83.7 cm³/mol. The van der Waals surface area contributed by atoms with Gasteiger partial charge in [-0.15, -0.1) is 0 Å². The lowest BCUT2D eigenvalue weighted by Gasteiger charge is -2.07. The maximum Gasteiger partial charge on any atom is 0.0701 e. The van der Waals surface area contributed by atoms with E-state index in [2.05, 4.69) is 13.8 Å². The quantitative estimate of drug-likeness (QED) is 0.418. The van der Waals surface area contributed by atoms with Gasteiger partial charge in [-0.3, -0.25) is 0 Å². The molecule has 0 atom stereocenters. The Morgan fingerprint density at radius 2 is 1.10 bits per heavy atom. The first kappa shape index (κ1) is 20.8. The van der Waals surface area contributed by atoms with E-state index >= 15 is 0 Å². The summed E-state index contributed by atoms with van der Waals surface area (Å²) in [5, 5.41) is 8.49. The molecule has 0 aromatic carbocycles. The molecule has 0 aliphatic heterocycles. The number of hydrogen-bond donors (Lipinski definition) is 1. The molecule has 0 aliphatic rings. The van der Waals surface area contributed by atoms with Crippen molar-refractivity contribution in [2.45, 2.75) is 39.5 Å². The van der Waals surface area contributed by atoms with Gasteiger partial charge in [0.2, 0.25) is 0 Å². The molecule has 0 aromatic rings. The van der Waals surface area contributed by atoms with E-state index < -0.39 is 0 Å². The number of aliphatic hydroxyl groups is 1. The average molecular weight is 306 g/mol. The Morgan fingerprint density at radius 1 is 0.619 bits per heavy atom. The summed E-state index contributed by atoms with van der Waals surface area (Å²) >= 11 is 0. The van der Waals surface area contributed by atoms with Gasteiger partial charge in [-0.05, 0) is 12.3 Å². The monoisotopic (exact) mass is 306 g/mol. The second kappa shape index (κ2) is 17.9. The number of hydrogen-bond acceptors (Lipinski definition) is 5. The fraction of sp³-hybridized carbons (Fsp3) is 1.00. The molecule has 0 unspecified atom stereocenters. The molecule has 0 bridgehead atoms. The first-order chi connectivity index (χ1) is 10.3. The molecular weight excluding hydrogens is 272 g/mol. The Kier molecular flexibility index (Phi) is 17.7. The minimum atomic E-state index is 0.0564. The molecule has 0 fully saturated rings. The van der Waals surface area contributed by atoms with E-state index in [9.17, 15) is 0 Å². The lowest BCUT2D eigenvalue weighted by molar-refractivity contribution is -0.00578. The van der Waals surface area contributed by atoms with Crippen LogP contribution in [0.3, 0.4) is 0 Å². The molecule has 0 rings (SSSR count). The standard InChI is InChI=1S/C16H34O5/c1-16(2)6-4-3-5-8-18-10-12-20-14-15-21-13-11-19-9-7-17/h16-17H,3-15H2,1-2H3. The van der Waals surface area contributed by atoms with Gasteiger partial charge in [-0.2, -0.15) is 0 Å². The zero-order valence-electron chi connectivity index (χ0n) is 13.8. The molecule has 5 heteroatoms. The predicted octanol–water partition coefficient (Wildman–Crippen LogP) is 2.26. The van der Waals surface area contributed by atoms with E-state index in [4.69, 9.17) is 24.1 Å². The molecule has 0 saturated carbocycles. The zero-order valence-corrected chi connectivity index (χ0v) is 13.8. The molecule has 128 valence electrons. The Labute approximate surface area is 129 Å². The largest absolute Gasteiger partial charge is 0.394 e. The summed E-state index contributed by atoms with van der Waals surface area (Å²) in [6.45, 7) is 9.27. The highest BCUT2D eigenvalue weighted by Crippen LogP contribution is 2.07. The summed E-state index contributed by atoms with van der Waals surface area (Å²) in [7, 11) is 0. The second-order valence-corrected chi connectivity index (χ2v) is 5.42. The van der Waals surface area contributed by atoms with Gasteiger partial charge in [0.1, 0.15) is 0 Å². The normalized spacial score (nSPS) is 11.4. The van der Waals surface area contributed by atoms with Crippen LogP contribution in [0.15, 0.2) is 0 Å². The van der Waals surface area contributed by atoms with Crippen LogP contribution >= 0.6 is 0 Å². The van der Waals surface area contributed by atoms with Gasteiger partial charge in [-0.25, -0.2) is 0 Å². The zero-order chi connectivity index (χ0) is 15.6. The number of rotatable bonds is 17. The molecule has 0 spiro atoms. The fourth-order valence-electron chi connectivity index (χ4n) is 1.76. The van der Waals surface area contributed by atoms with Crippen LogP contribution in [0.5, 0.6) is 0 Å². The Bertz CT molecular complexity index is 188. The Hall–Kier alpha value is -0.200. The minimum Gasteiger partial charge on any atom is -0.394 e. The van der Waals surface area contributed by atoms with E-state index in [0.717, 1.165) is 18.9 Å². The molecular formula is C16H34O5. The van der Waals surface area contributed by atoms with Gasteiger partial charge >= 0.3 is 0 Å². The van der Waals surface area contributed by atoms with Crippen molar-refractivity contribution in [3.8, 4) is 0 Å². The highest BCUT2D eigenvalue weighted by atomic mass is 16.6. The van der Waals surface area contributed by atoms with Gasteiger partial charge in [0, 0.05) is 6.61 Å². The van der Waals surface area contributed by atoms with E-state index in [0.29, 0.717) is 46.2 Å². The van der Waals surface area contributed by atoms with Gasteiger partial charge in [-0.1, -0.05) is 33.1 Å². The van der Waals surface area contributed by atoms with Crippen LogP contribution in [0.25, 0.3) is 0 Å². The summed E-state index contributed by atoms with van der Waals surface area (Å²) in [5.41, 5.74) is 0. The molecule has 0 heterocycles. The van der Waals surface area contributed by atoms with Crippen molar-refractivity contribution >= 4 is 0 Å². The SMILES string of the molecule is CC(C)CCCCCOCCOCCOCCOCCO. The topological polar surface area (TPSA) is 57.2 Å². The van der Waals surface area contributed by atoms with Gasteiger partial charge in [0.05, 0.1) is 52.9 Å². The Balaban J connectivity index is 2.93. The Morgan fingerprint density at radius 3 is 1.57 bits per heavy atom. The molecule has 0 aliphatic carbocycles. The summed E-state index contributed by atoms with van der Waals surface area (Å²) < 4.78 is 21.3. The average Bonchev–Trinajstić information content (AvgIpc) is 2.46. The smallest absolute Gasteiger partial charge is 0.0701 e. The van der Waals surface area contributed by atoms with Crippen molar-refractivity contribution in [2.75, 3.05) is 59.5 Å². The molecule has 5 nitrogen and oxygen atoms in total. The maximum atomic E-state index is 8.49. The number of unbranched alkanes of at least 4 members (excludes halogenated alkanes) is 2. The highest BCUT2D eigenvalue weighted by molar-refractivity contribution is 4.47. The molecule has 1 N–H and O–H groups in total. The van der Waals surface area contributed by atoms with Crippen molar-refractivity contribution in [2.24, 2.45) is 5.92 Å². The van der Waals surface area contributed by atoms with Crippen LogP contribution in [-0.4, -0.2) is 64.6 Å². The van der Waals surface area contributed by atoms with Crippen LogP contribution in [0.1, 0.15) is 39.5 Å². The van der Waals surface area contributed by atoms with Crippen molar-refractivity contribution in [1.82, 2.24) is 0 Å². The third-order valence-corrected chi connectivity index (χ3v) is 2.92. The van der Waals surface area contributed by atoms with Crippen molar-refractivity contribution < 1.29 is 24.1 Å². The second-order valence-electron chi connectivity index (χ2n) is 5.42. The molecule has 0 radical (unpaired) electrons. The van der Waals surface area contributed by atoms with E-state index in [1.807, 2.05) is 0 Å². The summed E-state index contributed by atoms with van der Waals surface area (Å²) in [6, 6.07) is 0. The highest BCUT2D eigenvalue weighted by Gasteiger charge is 1.95. The molecule has 21 heavy (non-hydrogen) atoms. The molecule has 0 saturated heterocycles. The van der Waals surface area contributed by atoms with Gasteiger partial charge in [0.25, 0.3) is 0 Å². The maximum absolute atomic E-state index is 8.49. The van der Waals surface area contributed by atoms with Crippen LogP contribution in [-0.2, 0) is 18.9 Å². The molecule has 0 amide bonds. The third-order valence-electron chi connectivity index (χ3n) is 2.92. The van der Waals surface area contributed by atoms with Crippen LogP contribution in [0.2, 0.25) is 0 Å². The first-order valence-corrected chi connectivity index (χ1v) is 8.19. The van der Waals surface area contributed by atoms with Crippen LogP contribution in [0, 0.1) is 5.92 Å². The van der Waals surface area contributed by atoms with Crippen LogP contribution in [0.4, 0.5) is 0 Å². The summed E-state index contributed by atoms with van der Waals surface area (Å²) in [4.78, 5) is 0. The molecule has 0 aromatic heterocycles. The lowest BCUT2D eigenvalue weighted by atomic mass is 10.1. The number of ether oxygens (including phenoxy) is 4. The van der Waals surface area contributed by atoms with Crippen molar-refractivity contribution in [3.63, 3.8) is 0 Å². The van der Waals surface area contributed by atoms with Crippen LogP contribution < -0.4 is 0 Å². The van der Waals surface area contributed by atoms with Gasteiger partial charge in [0.15, 0.2) is 0 Å². The van der Waals surface area contributed by atoms with Crippen molar-refractivity contribution in [3.05, 3.63) is 0 Å². The van der Waals surface area contributed by atoms with Gasteiger partial charge < -0.3 is 24.1 Å². The minimum absolute atomic E-state index is 0.0564. The number of aliphatic hydroxyl groups excluding tert-OH is 1. The fourth-order valence-corrected chi connectivity index (χ4v) is 1.76. The summed E-state index contributed by atoms with van der Waals surface area (Å²) in [5.74, 6) is 0.808. The van der Waals surface area contributed by atoms with E-state index in [1.165, 1.54) is 19.3 Å². The summed E-state index contributed by atoms with van der Waals surface area (Å²) in [6.07, 6.45) is 5.01. The lowest BCUT2D eigenvalue weighted by Crippen LogP contribution is -2.12.